The highest BCUT2D eigenvalue weighted by molar-refractivity contribution is 7.12. The maximum atomic E-state index is 10.7. The molecule has 140 valence electrons. The fraction of sp³-hybridized carbons (Fsp3) is 0.524. The zero-order chi connectivity index (χ0) is 18.1. The van der Waals surface area contributed by atoms with Gasteiger partial charge in [0.25, 0.3) is 0 Å². The molecule has 2 aromatic rings. The van der Waals surface area contributed by atoms with Gasteiger partial charge in [-0.3, -0.25) is 0 Å². The molecule has 5 unspecified atom stereocenters. The molecule has 1 saturated carbocycles. The third-order valence-corrected chi connectivity index (χ3v) is 6.83. The van der Waals surface area contributed by atoms with Crippen molar-refractivity contribution in [1.82, 2.24) is 5.32 Å². The summed E-state index contributed by atoms with van der Waals surface area (Å²) < 4.78 is 5.94. The van der Waals surface area contributed by atoms with Gasteiger partial charge in [-0.2, -0.15) is 0 Å². The fourth-order valence-electron chi connectivity index (χ4n) is 4.24. The molecule has 1 aromatic carbocycles. The second-order valence-electron chi connectivity index (χ2n) is 7.53. The van der Waals surface area contributed by atoms with Gasteiger partial charge in [-0.05, 0) is 56.4 Å². The summed E-state index contributed by atoms with van der Waals surface area (Å²) in [6, 6.07) is 11.8. The van der Waals surface area contributed by atoms with Crippen molar-refractivity contribution in [2.45, 2.75) is 57.0 Å². The molecule has 4 nitrogen and oxygen atoms in total. The number of hydrogen-bond donors (Lipinski definition) is 3. The van der Waals surface area contributed by atoms with Crippen LogP contribution in [0.25, 0.3) is 0 Å². The molecule has 0 saturated heterocycles. The van der Waals surface area contributed by atoms with Gasteiger partial charge < -0.3 is 20.3 Å². The third-order valence-electron chi connectivity index (χ3n) is 5.70. The van der Waals surface area contributed by atoms with Crippen molar-refractivity contribution in [3.8, 4) is 5.75 Å². The molecule has 5 heteroatoms. The lowest BCUT2D eigenvalue weighted by atomic mass is 9.85. The van der Waals surface area contributed by atoms with Gasteiger partial charge in [-0.1, -0.05) is 18.2 Å². The molecule has 1 aromatic heterocycles. The summed E-state index contributed by atoms with van der Waals surface area (Å²) >= 11 is 1.80. The molecular formula is C21H27NO3S. The summed E-state index contributed by atoms with van der Waals surface area (Å²) in [5.41, 5.74) is 1.11. The van der Waals surface area contributed by atoms with Crippen LogP contribution in [0.15, 0.2) is 36.4 Å². The number of ether oxygens (including phenoxy) is 1. The first-order valence-electron chi connectivity index (χ1n) is 9.52. The number of para-hydroxylation sites is 1. The molecule has 1 fully saturated rings. The standard InChI is InChI=1S/C21H27NO3S/c1-13-11-16-19(26-13)10-7-14(20(16)23)12-22-17-8-9-18(21(17)24)25-15-5-3-2-4-6-15/h2-6,11,14,17-18,20-24H,7-10,12H2,1H3. The summed E-state index contributed by atoms with van der Waals surface area (Å²) in [5, 5.41) is 24.8. The SMILES string of the molecule is Cc1cc2c(s1)CCC(CNC1CCC(Oc3ccccc3)C1O)C2O. The van der Waals surface area contributed by atoms with Gasteiger partial charge in [-0.15, -0.1) is 11.3 Å². The van der Waals surface area contributed by atoms with E-state index >= 15 is 0 Å². The van der Waals surface area contributed by atoms with E-state index < -0.39 is 12.2 Å². The van der Waals surface area contributed by atoms with Gasteiger partial charge in [0.05, 0.1) is 6.10 Å². The second kappa shape index (κ2) is 7.69. The van der Waals surface area contributed by atoms with E-state index in [-0.39, 0.29) is 18.1 Å². The van der Waals surface area contributed by atoms with Gasteiger partial charge >= 0.3 is 0 Å². The molecule has 5 atom stereocenters. The summed E-state index contributed by atoms with van der Waals surface area (Å²) in [7, 11) is 0. The average molecular weight is 374 g/mol. The number of aliphatic hydroxyl groups is 2. The molecule has 26 heavy (non-hydrogen) atoms. The van der Waals surface area contributed by atoms with Crippen LogP contribution in [0.5, 0.6) is 5.75 Å². The summed E-state index contributed by atoms with van der Waals surface area (Å²) in [6.07, 6.45) is 2.69. The van der Waals surface area contributed by atoms with Crippen LogP contribution in [-0.2, 0) is 6.42 Å². The number of hydrogen-bond acceptors (Lipinski definition) is 5. The number of thiophene rings is 1. The minimum atomic E-state index is -0.519. The molecule has 0 aliphatic heterocycles. The zero-order valence-electron chi connectivity index (χ0n) is 15.1. The first-order valence-corrected chi connectivity index (χ1v) is 10.3. The Hall–Kier alpha value is -1.40. The minimum Gasteiger partial charge on any atom is -0.488 e. The number of fused-ring (bicyclic) bond motifs is 1. The molecule has 4 rings (SSSR count). The predicted octanol–water partition coefficient (Wildman–Crippen LogP) is 3.21. The van der Waals surface area contributed by atoms with Crippen molar-refractivity contribution >= 4 is 11.3 Å². The zero-order valence-corrected chi connectivity index (χ0v) is 15.9. The molecule has 0 spiro atoms. The highest BCUT2D eigenvalue weighted by atomic mass is 32.1. The molecule has 0 radical (unpaired) electrons. The topological polar surface area (TPSA) is 61.7 Å². The van der Waals surface area contributed by atoms with Gasteiger partial charge in [0.15, 0.2) is 0 Å². The molecule has 3 N–H and O–H groups in total. The predicted molar refractivity (Wildman–Crippen MR) is 104 cm³/mol. The average Bonchev–Trinajstić information content (AvgIpc) is 3.19. The molecule has 1 heterocycles. The Labute approximate surface area is 158 Å². The quantitative estimate of drug-likeness (QED) is 0.753. The molecule has 2 aliphatic rings. The molecular weight excluding hydrogens is 346 g/mol. The van der Waals surface area contributed by atoms with E-state index in [1.54, 1.807) is 11.3 Å². The van der Waals surface area contributed by atoms with E-state index in [0.29, 0.717) is 0 Å². The van der Waals surface area contributed by atoms with Crippen LogP contribution in [-0.4, -0.2) is 35.0 Å². The van der Waals surface area contributed by atoms with Crippen LogP contribution in [0.1, 0.15) is 40.7 Å². The van der Waals surface area contributed by atoms with Crippen LogP contribution >= 0.6 is 11.3 Å². The Morgan fingerprint density at radius 3 is 2.77 bits per heavy atom. The highest BCUT2D eigenvalue weighted by Gasteiger charge is 2.37. The van der Waals surface area contributed by atoms with Crippen molar-refractivity contribution in [3.63, 3.8) is 0 Å². The smallest absolute Gasteiger partial charge is 0.126 e. The second-order valence-corrected chi connectivity index (χ2v) is 8.87. The maximum absolute atomic E-state index is 10.7. The van der Waals surface area contributed by atoms with Crippen LogP contribution in [0.3, 0.4) is 0 Å². The van der Waals surface area contributed by atoms with Gasteiger partial charge in [-0.25, -0.2) is 0 Å². The van der Waals surface area contributed by atoms with Crippen molar-refractivity contribution in [2.75, 3.05) is 6.54 Å². The van der Waals surface area contributed by atoms with Gasteiger partial charge in [0.1, 0.15) is 18.0 Å². The van der Waals surface area contributed by atoms with E-state index in [1.807, 2.05) is 30.3 Å². The van der Waals surface area contributed by atoms with Gasteiger partial charge in [0, 0.05) is 28.3 Å². The Morgan fingerprint density at radius 2 is 1.96 bits per heavy atom. The van der Waals surface area contributed by atoms with E-state index in [0.717, 1.165) is 43.5 Å². The lowest BCUT2D eigenvalue weighted by Gasteiger charge is -2.30. The number of rotatable bonds is 5. The summed E-state index contributed by atoms with van der Waals surface area (Å²) in [6.45, 7) is 2.83. The van der Waals surface area contributed by atoms with Crippen LogP contribution < -0.4 is 10.1 Å². The van der Waals surface area contributed by atoms with Crippen LogP contribution in [0, 0.1) is 12.8 Å². The Bertz CT molecular complexity index is 732. The van der Waals surface area contributed by atoms with Crippen LogP contribution in [0.2, 0.25) is 0 Å². The summed E-state index contributed by atoms with van der Waals surface area (Å²) in [5.74, 6) is 1.01. The molecule has 0 amide bonds. The van der Waals surface area contributed by atoms with E-state index in [4.69, 9.17) is 4.74 Å². The Morgan fingerprint density at radius 1 is 1.15 bits per heavy atom. The number of aryl methyl sites for hydroxylation is 2. The normalized spacial score (nSPS) is 31.0. The third kappa shape index (κ3) is 3.67. The highest BCUT2D eigenvalue weighted by Crippen LogP contribution is 2.39. The van der Waals surface area contributed by atoms with Crippen molar-refractivity contribution in [2.24, 2.45) is 5.92 Å². The van der Waals surface area contributed by atoms with Crippen LogP contribution in [0.4, 0.5) is 0 Å². The number of benzene rings is 1. The maximum Gasteiger partial charge on any atom is 0.126 e. The van der Waals surface area contributed by atoms with Crippen molar-refractivity contribution < 1.29 is 14.9 Å². The monoisotopic (exact) mass is 373 g/mol. The lowest BCUT2D eigenvalue weighted by Crippen LogP contribution is -2.44. The van der Waals surface area contributed by atoms with E-state index in [2.05, 4.69) is 18.3 Å². The van der Waals surface area contributed by atoms with Gasteiger partial charge in [0.2, 0.25) is 0 Å². The molecule has 0 bridgehead atoms. The van der Waals surface area contributed by atoms with E-state index in [9.17, 15) is 10.2 Å². The summed E-state index contributed by atoms with van der Waals surface area (Å²) in [4.78, 5) is 2.61. The minimum absolute atomic E-state index is 0.0292. The lowest BCUT2D eigenvalue weighted by molar-refractivity contribution is 0.0399. The number of nitrogens with one attached hydrogen (secondary N) is 1. The Balaban J connectivity index is 1.31. The number of aliphatic hydroxyl groups excluding tert-OH is 2. The van der Waals surface area contributed by atoms with Crippen molar-refractivity contribution in [1.29, 1.82) is 0 Å². The first kappa shape index (κ1) is 18.0. The van der Waals surface area contributed by atoms with E-state index in [1.165, 1.54) is 9.75 Å². The molecule has 2 aliphatic carbocycles. The fourth-order valence-corrected chi connectivity index (χ4v) is 5.33. The Kier molecular flexibility index (Phi) is 5.32. The largest absolute Gasteiger partial charge is 0.488 e. The van der Waals surface area contributed by atoms with Crippen molar-refractivity contribution in [3.05, 3.63) is 51.7 Å². The first-order chi connectivity index (χ1) is 12.6.